The lowest BCUT2D eigenvalue weighted by Gasteiger charge is -2.16. The van der Waals surface area contributed by atoms with Crippen molar-refractivity contribution in [2.24, 2.45) is 5.73 Å². The number of nitriles is 1. The Morgan fingerprint density at radius 1 is 1.12 bits per heavy atom. The molecule has 0 heterocycles. The molecule has 0 aliphatic carbocycles. The first kappa shape index (κ1) is 17.2. The van der Waals surface area contributed by atoms with Crippen LogP contribution in [0.4, 0.5) is 0 Å². The first-order valence-corrected chi connectivity index (χ1v) is 7.56. The molecule has 5 nitrogen and oxygen atoms in total. The molecule has 0 aliphatic rings. The van der Waals surface area contributed by atoms with Gasteiger partial charge in [-0.3, -0.25) is 9.59 Å². The number of nitrogens with one attached hydrogen (secondary N) is 1. The smallest absolute Gasteiger partial charge is 0.251 e. The average Bonchev–Trinajstić information content (AvgIpc) is 2.53. The van der Waals surface area contributed by atoms with Gasteiger partial charge in [0.25, 0.3) is 5.91 Å². The number of rotatable bonds is 5. The van der Waals surface area contributed by atoms with Crippen LogP contribution in [0.3, 0.4) is 0 Å². The van der Waals surface area contributed by atoms with Crippen molar-refractivity contribution in [2.75, 3.05) is 0 Å². The van der Waals surface area contributed by atoms with Gasteiger partial charge in [-0.2, -0.15) is 5.26 Å². The van der Waals surface area contributed by atoms with Gasteiger partial charge in [-0.1, -0.05) is 29.3 Å². The quantitative estimate of drug-likeness (QED) is 0.881. The highest BCUT2D eigenvalue weighted by Gasteiger charge is 2.19. The van der Waals surface area contributed by atoms with Gasteiger partial charge in [-0.15, -0.1) is 0 Å². The van der Waals surface area contributed by atoms with E-state index in [9.17, 15) is 9.59 Å². The summed E-state index contributed by atoms with van der Waals surface area (Å²) in [4.78, 5) is 24.1. The Hall–Kier alpha value is -3.13. The first-order chi connectivity index (χ1) is 11.4. The summed E-state index contributed by atoms with van der Waals surface area (Å²) in [5.74, 6) is -0.934. The fourth-order valence-electron chi connectivity index (χ4n) is 2.52. The van der Waals surface area contributed by atoms with E-state index in [4.69, 9.17) is 11.0 Å². The molecule has 3 N–H and O–H groups in total. The number of amides is 2. The molecular weight excluding hydrogens is 302 g/mol. The predicted molar refractivity (Wildman–Crippen MR) is 91.2 cm³/mol. The Morgan fingerprint density at radius 2 is 1.71 bits per heavy atom. The summed E-state index contributed by atoms with van der Waals surface area (Å²) in [6.07, 6.45) is 0.275. The highest BCUT2D eigenvalue weighted by molar-refractivity contribution is 5.97. The Kier molecular flexibility index (Phi) is 5.33. The summed E-state index contributed by atoms with van der Waals surface area (Å²) in [5.41, 5.74) is 9.22. The van der Waals surface area contributed by atoms with Gasteiger partial charge in [0.05, 0.1) is 11.6 Å². The largest absolute Gasteiger partial charge is 0.368 e. The van der Waals surface area contributed by atoms with Gasteiger partial charge in [0, 0.05) is 12.0 Å². The van der Waals surface area contributed by atoms with Crippen LogP contribution < -0.4 is 11.1 Å². The van der Waals surface area contributed by atoms with Crippen molar-refractivity contribution in [1.29, 1.82) is 5.26 Å². The molecule has 122 valence electrons. The highest BCUT2D eigenvalue weighted by Crippen LogP contribution is 2.10. The second kappa shape index (κ2) is 7.42. The van der Waals surface area contributed by atoms with Gasteiger partial charge in [0.15, 0.2) is 0 Å². The lowest BCUT2D eigenvalue weighted by molar-refractivity contribution is -0.119. The van der Waals surface area contributed by atoms with Crippen molar-refractivity contribution in [2.45, 2.75) is 26.3 Å². The zero-order chi connectivity index (χ0) is 17.7. The molecule has 0 aliphatic heterocycles. The number of nitrogens with zero attached hydrogens (tertiary/aromatic N) is 1. The molecule has 2 aromatic carbocycles. The number of hydrogen-bond acceptors (Lipinski definition) is 3. The number of primary amides is 1. The van der Waals surface area contributed by atoms with E-state index >= 15 is 0 Å². The third-order valence-electron chi connectivity index (χ3n) is 3.66. The van der Waals surface area contributed by atoms with Crippen LogP contribution in [0.1, 0.15) is 32.6 Å². The van der Waals surface area contributed by atoms with Crippen LogP contribution in [0.15, 0.2) is 42.5 Å². The second-order valence-corrected chi connectivity index (χ2v) is 5.82. The van der Waals surface area contributed by atoms with Gasteiger partial charge in [-0.05, 0) is 43.7 Å². The number of carbonyl (C=O) groups is 2. The van der Waals surface area contributed by atoms with E-state index in [0.717, 1.165) is 16.7 Å². The lowest BCUT2D eigenvalue weighted by Crippen LogP contribution is -2.45. The van der Waals surface area contributed by atoms with Crippen molar-refractivity contribution in [1.82, 2.24) is 5.32 Å². The maximum absolute atomic E-state index is 12.4. The molecular formula is C19H19N3O2. The maximum atomic E-state index is 12.4. The number of nitrogens with two attached hydrogens (primary N) is 1. The minimum Gasteiger partial charge on any atom is -0.368 e. The zero-order valence-corrected chi connectivity index (χ0v) is 13.7. The molecule has 0 bridgehead atoms. The number of carbonyl (C=O) groups excluding carboxylic acids is 2. The first-order valence-electron chi connectivity index (χ1n) is 7.56. The Balaban J connectivity index is 2.14. The van der Waals surface area contributed by atoms with Crippen LogP contribution in [0.2, 0.25) is 0 Å². The van der Waals surface area contributed by atoms with Crippen LogP contribution in [0.5, 0.6) is 0 Å². The SMILES string of the molecule is Cc1cc(C)cc(C(=O)N[C@H](Cc2ccc(C#N)cc2)C(N)=O)c1. The second-order valence-electron chi connectivity index (χ2n) is 5.82. The van der Waals surface area contributed by atoms with E-state index in [1.165, 1.54) is 0 Å². The standard InChI is InChI=1S/C19H19N3O2/c1-12-7-13(2)9-16(8-12)19(24)22-17(18(21)23)10-14-3-5-15(11-20)6-4-14/h3-9,17H,10H2,1-2H3,(H2,21,23)(H,22,24)/t17-/m1/s1. The van der Waals surface area contributed by atoms with E-state index in [1.54, 1.807) is 36.4 Å². The lowest BCUT2D eigenvalue weighted by atomic mass is 10.0. The third-order valence-corrected chi connectivity index (χ3v) is 3.66. The minimum atomic E-state index is -0.814. The molecule has 0 saturated carbocycles. The minimum absolute atomic E-state index is 0.275. The molecule has 24 heavy (non-hydrogen) atoms. The van der Waals surface area contributed by atoms with Crippen molar-refractivity contribution in [3.8, 4) is 6.07 Å². The Labute approximate surface area is 141 Å². The van der Waals surface area contributed by atoms with E-state index in [0.29, 0.717) is 11.1 Å². The van der Waals surface area contributed by atoms with Crippen molar-refractivity contribution >= 4 is 11.8 Å². The van der Waals surface area contributed by atoms with Gasteiger partial charge < -0.3 is 11.1 Å². The zero-order valence-electron chi connectivity index (χ0n) is 13.7. The van der Waals surface area contributed by atoms with Gasteiger partial charge in [0.2, 0.25) is 5.91 Å². The molecule has 0 aromatic heterocycles. The molecule has 0 radical (unpaired) electrons. The molecule has 0 fully saturated rings. The Bertz CT molecular complexity index is 784. The van der Waals surface area contributed by atoms with Crippen LogP contribution >= 0.6 is 0 Å². The number of benzene rings is 2. The predicted octanol–water partition coefficient (Wildman–Crippen LogP) is 2.00. The third kappa shape index (κ3) is 4.43. The molecule has 2 amide bonds. The summed E-state index contributed by atoms with van der Waals surface area (Å²) in [6, 6.07) is 13.5. The van der Waals surface area contributed by atoms with Crippen LogP contribution in [0, 0.1) is 25.2 Å². The average molecular weight is 321 g/mol. The molecule has 0 unspecified atom stereocenters. The fourth-order valence-corrected chi connectivity index (χ4v) is 2.52. The topological polar surface area (TPSA) is 96.0 Å². The van der Waals surface area contributed by atoms with Gasteiger partial charge >= 0.3 is 0 Å². The van der Waals surface area contributed by atoms with E-state index in [1.807, 2.05) is 26.0 Å². The summed E-state index contributed by atoms with van der Waals surface area (Å²) in [5, 5.41) is 11.5. The van der Waals surface area contributed by atoms with Crippen LogP contribution in [0.25, 0.3) is 0 Å². The van der Waals surface area contributed by atoms with Crippen molar-refractivity contribution < 1.29 is 9.59 Å². The molecule has 2 rings (SSSR count). The van der Waals surface area contributed by atoms with E-state index in [2.05, 4.69) is 5.32 Å². The van der Waals surface area contributed by atoms with Crippen LogP contribution in [-0.2, 0) is 11.2 Å². The summed E-state index contributed by atoms with van der Waals surface area (Å²) >= 11 is 0. The highest BCUT2D eigenvalue weighted by atomic mass is 16.2. The Morgan fingerprint density at radius 3 is 2.21 bits per heavy atom. The van der Waals surface area contributed by atoms with Gasteiger partial charge in [0.1, 0.15) is 6.04 Å². The molecule has 0 saturated heterocycles. The molecule has 5 heteroatoms. The fraction of sp³-hybridized carbons (Fsp3) is 0.211. The summed E-state index contributed by atoms with van der Waals surface area (Å²) in [7, 11) is 0. The monoisotopic (exact) mass is 321 g/mol. The molecule has 2 aromatic rings. The maximum Gasteiger partial charge on any atom is 0.251 e. The number of aryl methyl sites for hydroxylation is 2. The molecule has 0 spiro atoms. The van der Waals surface area contributed by atoms with E-state index in [-0.39, 0.29) is 12.3 Å². The molecule has 1 atom stereocenters. The summed E-state index contributed by atoms with van der Waals surface area (Å²) in [6.45, 7) is 3.82. The number of hydrogen-bond donors (Lipinski definition) is 2. The van der Waals surface area contributed by atoms with Crippen molar-refractivity contribution in [3.63, 3.8) is 0 Å². The normalized spacial score (nSPS) is 11.4. The van der Waals surface area contributed by atoms with Gasteiger partial charge in [-0.25, -0.2) is 0 Å². The van der Waals surface area contributed by atoms with Crippen molar-refractivity contribution in [3.05, 3.63) is 70.3 Å². The van der Waals surface area contributed by atoms with Crippen LogP contribution in [-0.4, -0.2) is 17.9 Å². The van der Waals surface area contributed by atoms with E-state index < -0.39 is 11.9 Å². The summed E-state index contributed by atoms with van der Waals surface area (Å²) < 4.78 is 0.